The van der Waals surface area contributed by atoms with Crippen LogP contribution in [0.3, 0.4) is 0 Å². The Morgan fingerprint density at radius 3 is 2.41 bits per heavy atom. The summed E-state index contributed by atoms with van der Waals surface area (Å²) in [4.78, 5) is 0. The van der Waals surface area contributed by atoms with E-state index in [0.717, 1.165) is 11.4 Å². The number of nitrogens with zero attached hydrogens (tertiary/aromatic N) is 1. The smallest absolute Gasteiger partial charge is 0.119 e. The molecule has 0 atom stereocenters. The van der Waals surface area contributed by atoms with Gasteiger partial charge in [-0.3, -0.25) is 0 Å². The molecular formula is C14H20N2O. The standard InChI is InChI=1S/C14H20N2O/c1-9-6-11(17-5)7-10-8-12(14(2,3)15)16(4)13(9)10/h6-8H,15H2,1-5H3. The molecule has 1 aromatic carbocycles. The van der Waals surface area contributed by atoms with Crippen LogP contribution in [0.15, 0.2) is 18.2 Å². The maximum Gasteiger partial charge on any atom is 0.119 e. The highest BCUT2D eigenvalue weighted by Gasteiger charge is 2.20. The molecule has 0 saturated heterocycles. The van der Waals surface area contributed by atoms with Crippen molar-refractivity contribution in [3.63, 3.8) is 0 Å². The summed E-state index contributed by atoms with van der Waals surface area (Å²) in [7, 11) is 3.75. The van der Waals surface area contributed by atoms with E-state index in [0.29, 0.717) is 0 Å². The number of rotatable bonds is 2. The van der Waals surface area contributed by atoms with Gasteiger partial charge in [-0.25, -0.2) is 0 Å². The molecule has 3 heteroatoms. The molecule has 1 aromatic heterocycles. The summed E-state index contributed by atoms with van der Waals surface area (Å²) in [6.45, 7) is 6.14. The molecule has 0 aliphatic carbocycles. The van der Waals surface area contributed by atoms with E-state index < -0.39 is 0 Å². The maximum atomic E-state index is 6.19. The van der Waals surface area contributed by atoms with Gasteiger partial charge in [0, 0.05) is 18.1 Å². The Labute approximate surface area is 102 Å². The molecule has 3 nitrogen and oxygen atoms in total. The van der Waals surface area contributed by atoms with Crippen molar-refractivity contribution in [1.82, 2.24) is 4.57 Å². The Hall–Kier alpha value is -1.48. The minimum absolute atomic E-state index is 0.340. The molecule has 0 saturated carbocycles. The zero-order valence-electron chi connectivity index (χ0n) is 11.2. The third-order valence-electron chi connectivity index (χ3n) is 3.19. The minimum Gasteiger partial charge on any atom is -0.497 e. The Morgan fingerprint density at radius 2 is 1.88 bits per heavy atom. The first-order valence-electron chi connectivity index (χ1n) is 5.78. The Kier molecular flexibility index (Phi) is 2.66. The van der Waals surface area contributed by atoms with Gasteiger partial charge in [0.05, 0.1) is 18.2 Å². The fraction of sp³-hybridized carbons (Fsp3) is 0.429. The third-order valence-corrected chi connectivity index (χ3v) is 3.19. The van der Waals surface area contributed by atoms with Gasteiger partial charge in [0.25, 0.3) is 0 Å². The van der Waals surface area contributed by atoms with Crippen molar-refractivity contribution >= 4 is 10.9 Å². The van der Waals surface area contributed by atoms with Crippen LogP contribution in [0.1, 0.15) is 25.1 Å². The predicted molar refractivity (Wildman–Crippen MR) is 71.4 cm³/mol. The van der Waals surface area contributed by atoms with Crippen LogP contribution < -0.4 is 10.5 Å². The summed E-state index contributed by atoms with van der Waals surface area (Å²) in [5.74, 6) is 0.891. The topological polar surface area (TPSA) is 40.2 Å². The number of hydrogen-bond donors (Lipinski definition) is 1. The van der Waals surface area contributed by atoms with Crippen LogP contribution in [-0.4, -0.2) is 11.7 Å². The van der Waals surface area contributed by atoms with Crippen LogP contribution in [0.4, 0.5) is 0 Å². The summed E-state index contributed by atoms with van der Waals surface area (Å²) in [6, 6.07) is 6.25. The number of benzene rings is 1. The van der Waals surface area contributed by atoms with Crippen molar-refractivity contribution in [2.75, 3.05) is 7.11 Å². The highest BCUT2D eigenvalue weighted by Crippen LogP contribution is 2.30. The average molecular weight is 232 g/mol. The average Bonchev–Trinajstić information content (AvgIpc) is 2.55. The number of ether oxygens (including phenoxy) is 1. The monoisotopic (exact) mass is 232 g/mol. The number of nitrogens with two attached hydrogens (primary N) is 1. The molecule has 2 rings (SSSR count). The van der Waals surface area contributed by atoms with Gasteiger partial charge in [-0.1, -0.05) is 0 Å². The highest BCUT2D eigenvalue weighted by molar-refractivity contribution is 5.86. The van der Waals surface area contributed by atoms with E-state index in [1.165, 1.54) is 16.5 Å². The molecule has 17 heavy (non-hydrogen) atoms. The molecule has 0 amide bonds. The van der Waals surface area contributed by atoms with Gasteiger partial charge >= 0.3 is 0 Å². The van der Waals surface area contributed by atoms with Crippen LogP contribution >= 0.6 is 0 Å². The lowest BCUT2D eigenvalue weighted by Crippen LogP contribution is -2.30. The number of aryl methyl sites for hydroxylation is 2. The molecule has 0 fully saturated rings. The lowest BCUT2D eigenvalue weighted by Gasteiger charge is -2.20. The molecular weight excluding hydrogens is 212 g/mol. The largest absolute Gasteiger partial charge is 0.497 e. The summed E-state index contributed by atoms with van der Waals surface area (Å²) in [6.07, 6.45) is 0. The summed E-state index contributed by atoms with van der Waals surface area (Å²) in [5.41, 5.74) is 9.41. The first-order valence-corrected chi connectivity index (χ1v) is 5.78. The second-order valence-electron chi connectivity index (χ2n) is 5.19. The minimum atomic E-state index is -0.340. The first kappa shape index (κ1) is 12.0. The lowest BCUT2D eigenvalue weighted by atomic mass is 10.0. The quantitative estimate of drug-likeness (QED) is 0.864. The Morgan fingerprint density at radius 1 is 1.24 bits per heavy atom. The number of hydrogen-bond acceptors (Lipinski definition) is 2. The number of methoxy groups -OCH3 is 1. The van der Waals surface area contributed by atoms with Crippen LogP contribution in [0, 0.1) is 6.92 Å². The second kappa shape index (κ2) is 3.77. The SMILES string of the molecule is COc1cc(C)c2c(c1)cc(C(C)(C)N)n2C. The molecule has 92 valence electrons. The van der Waals surface area contributed by atoms with E-state index in [1.54, 1.807) is 7.11 Å². The number of fused-ring (bicyclic) bond motifs is 1. The second-order valence-corrected chi connectivity index (χ2v) is 5.19. The van der Waals surface area contributed by atoms with E-state index in [2.05, 4.69) is 36.7 Å². The lowest BCUT2D eigenvalue weighted by molar-refractivity contribution is 0.415. The normalized spacial score (nSPS) is 12.1. The molecule has 0 aliphatic rings. The fourth-order valence-corrected chi connectivity index (χ4v) is 2.44. The van der Waals surface area contributed by atoms with Gasteiger partial charge in [0.15, 0.2) is 0 Å². The third kappa shape index (κ3) is 1.91. The van der Waals surface area contributed by atoms with E-state index >= 15 is 0 Å². The molecule has 2 N–H and O–H groups in total. The Balaban J connectivity index is 2.78. The van der Waals surface area contributed by atoms with Crippen LogP contribution in [0.2, 0.25) is 0 Å². The van der Waals surface area contributed by atoms with Crippen LogP contribution in [0.5, 0.6) is 5.75 Å². The van der Waals surface area contributed by atoms with Crippen LogP contribution in [0.25, 0.3) is 10.9 Å². The Bertz CT molecular complexity index is 562. The van der Waals surface area contributed by atoms with Gasteiger partial charge in [-0.05, 0) is 44.5 Å². The number of aromatic nitrogens is 1. The van der Waals surface area contributed by atoms with Crippen molar-refractivity contribution in [2.24, 2.45) is 12.8 Å². The first-order chi connectivity index (χ1) is 7.84. The molecule has 0 unspecified atom stereocenters. The zero-order valence-corrected chi connectivity index (χ0v) is 11.2. The summed E-state index contributed by atoms with van der Waals surface area (Å²) < 4.78 is 7.47. The molecule has 0 aliphatic heterocycles. The van der Waals surface area contributed by atoms with Crippen molar-refractivity contribution in [3.8, 4) is 5.75 Å². The molecule has 0 bridgehead atoms. The molecule has 0 radical (unpaired) electrons. The summed E-state index contributed by atoms with van der Waals surface area (Å²) >= 11 is 0. The fourth-order valence-electron chi connectivity index (χ4n) is 2.44. The molecule has 1 heterocycles. The van der Waals surface area contributed by atoms with Gasteiger partial charge in [0.1, 0.15) is 5.75 Å². The van der Waals surface area contributed by atoms with Crippen molar-refractivity contribution in [3.05, 3.63) is 29.5 Å². The highest BCUT2D eigenvalue weighted by atomic mass is 16.5. The van der Waals surface area contributed by atoms with E-state index in [-0.39, 0.29) is 5.54 Å². The van der Waals surface area contributed by atoms with Crippen molar-refractivity contribution in [2.45, 2.75) is 26.3 Å². The van der Waals surface area contributed by atoms with Gasteiger partial charge in [-0.2, -0.15) is 0 Å². The zero-order chi connectivity index (χ0) is 12.8. The van der Waals surface area contributed by atoms with Crippen LogP contribution in [-0.2, 0) is 12.6 Å². The van der Waals surface area contributed by atoms with E-state index in [1.807, 2.05) is 13.8 Å². The predicted octanol–water partition coefficient (Wildman–Crippen LogP) is 2.69. The maximum absolute atomic E-state index is 6.19. The van der Waals surface area contributed by atoms with E-state index in [4.69, 9.17) is 10.5 Å². The van der Waals surface area contributed by atoms with Crippen molar-refractivity contribution < 1.29 is 4.74 Å². The molecule has 2 aromatic rings. The van der Waals surface area contributed by atoms with Gasteiger partial charge < -0.3 is 15.0 Å². The van der Waals surface area contributed by atoms with E-state index in [9.17, 15) is 0 Å². The van der Waals surface area contributed by atoms with Crippen molar-refractivity contribution in [1.29, 1.82) is 0 Å². The summed E-state index contributed by atoms with van der Waals surface area (Å²) in [5, 5.41) is 1.18. The van der Waals surface area contributed by atoms with Gasteiger partial charge in [-0.15, -0.1) is 0 Å². The molecule has 0 spiro atoms. The van der Waals surface area contributed by atoms with Gasteiger partial charge in [0.2, 0.25) is 0 Å².